The van der Waals surface area contributed by atoms with Gasteiger partial charge in [-0.25, -0.2) is 8.42 Å². The number of benzene rings is 2. The molecule has 0 fully saturated rings. The first kappa shape index (κ1) is 20.8. The average molecular weight is 458 g/mol. The molecule has 0 saturated carbocycles. The Kier molecular flexibility index (Phi) is 4.90. The van der Waals surface area contributed by atoms with E-state index in [0.29, 0.717) is 27.8 Å². The molecule has 0 spiro atoms. The molecule has 0 saturated heterocycles. The topological polar surface area (TPSA) is 109 Å². The Bertz CT molecular complexity index is 1500. The van der Waals surface area contributed by atoms with Crippen LogP contribution in [0.1, 0.15) is 32.1 Å². The maximum atomic E-state index is 13.0. The van der Waals surface area contributed by atoms with Gasteiger partial charge in [-0.3, -0.25) is 29.2 Å². The van der Waals surface area contributed by atoms with Gasteiger partial charge in [0.05, 0.1) is 28.2 Å². The van der Waals surface area contributed by atoms with E-state index in [9.17, 15) is 18.0 Å². The molecular formula is C24H18N4O4S. The Morgan fingerprint density at radius 3 is 2.45 bits per heavy atom. The zero-order valence-electron chi connectivity index (χ0n) is 17.5. The number of carbonyl (C=O) groups excluding carboxylic acids is 2. The average Bonchev–Trinajstić information content (AvgIpc) is 3.04. The summed E-state index contributed by atoms with van der Waals surface area (Å²) >= 11 is 0. The molecule has 1 aliphatic heterocycles. The van der Waals surface area contributed by atoms with Crippen molar-refractivity contribution in [2.24, 2.45) is 0 Å². The molecule has 2 aromatic carbocycles. The molecule has 0 aliphatic carbocycles. The van der Waals surface area contributed by atoms with E-state index in [4.69, 9.17) is 0 Å². The molecule has 5 rings (SSSR count). The summed E-state index contributed by atoms with van der Waals surface area (Å²) in [6.07, 6.45) is 1.47. The van der Waals surface area contributed by atoms with Crippen LogP contribution in [0.3, 0.4) is 0 Å². The third-order valence-electron chi connectivity index (χ3n) is 5.39. The first-order chi connectivity index (χ1) is 15.8. The van der Waals surface area contributed by atoms with Crippen molar-refractivity contribution in [1.29, 1.82) is 0 Å². The molecule has 8 nitrogen and oxygen atoms in total. The molecule has 0 radical (unpaired) electrons. The number of para-hydroxylation sites is 1. The van der Waals surface area contributed by atoms with Gasteiger partial charge in [-0.15, -0.1) is 0 Å². The third-order valence-corrected chi connectivity index (χ3v) is 6.78. The Balaban J connectivity index is 1.38. The fraction of sp³-hybridized carbons (Fsp3) is 0.0833. The summed E-state index contributed by atoms with van der Waals surface area (Å²) in [7, 11) is -3.87. The number of hydrogen-bond donors (Lipinski definition) is 1. The van der Waals surface area contributed by atoms with Crippen molar-refractivity contribution in [2.45, 2.75) is 18.4 Å². The lowest BCUT2D eigenvalue weighted by atomic mass is 10.2. The van der Waals surface area contributed by atoms with E-state index in [1.54, 1.807) is 43.3 Å². The van der Waals surface area contributed by atoms with Crippen molar-refractivity contribution in [1.82, 2.24) is 14.9 Å². The summed E-state index contributed by atoms with van der Waals surface area (Å²) in [5, 5.41) is 0.697. The second kappa shape index (κ2) is 7.79. The van der Waals surface area contributed by atoms with Crippen molar-refractivity contribution in [3.05, 3.63) is 95.4 Å². The fourth-order valence-electron chi connectivity index (χ4n) is 3.81. The largest absolute Gasteiger partial charge is 0.280 e. The summed E-state index contributed by atoms with van der Waals surface area (Å²) < 4.78 is 28.7. The van der Waals surface area contributed by atoms with Gasteiger partial charge in [0.1, 0.15) is 5.69 Å². The molecule has 0 bridgehead atoms. The maximum absolute atomic E-state index is 13.0. The Morgan fingerprint density at radius 1 is 0.939 bits per heavy atom. The quantitative estimate of drug-likeness (QED) is 0.458. The molecule has 3 heterocycles. The van der Waals surface area contributed by atoms with E-state index in [1.807, 2.05) is 18.2 Å². The lowest BCUT2D eigenvalue weighted by molar-refractivity contribution is 0.0640. The van der Waals surface area contributed by atoms with E-state index in [-0.39, 0.29) is 22.7 Å². The first-order valence-corrected chi connectivity index (χ1v) is 11.6. The normalized spacial score (nSPS) is 13.4. The second-order valence-corrected chi connectivity index (χ2v) is 9.36. The minimum Gasteiger partial charge on any atom is -0.279 e. The van der Waals surface area contributed by atoms with Crippen molar-refractivity contribution in [3.63, 3.8) is 0 Å². The van der Waals surface area contributed by atoms with Crippen LogP contribution in [0.15, 0.2) is 77.8 Å². The summed E-state index contributed by atoms with van der Waals surface area (Å²) in [5.74, 6) is -0.879. The van der Waals surface area contributed by atoms with Crippen LogP contribution >= 0.6 is 0 Å². The predicted molar refractivity (Wildman–Crippen MR) is 122 cm³/mol. The van der Waals surface area contributed by atoms with Gasteiger partial charge in [0, 0.05) is 17.3 Å². The Labute approximate surface area is 190 Å². The highest BCUT2D eigenvalue weighted by Crippen LogP contribution is 2.27. The van der Waals surface area contributed by atoms with Crippen molar-refractivity contribution in [2.75, 3.05) is 4.72 Å². The molecule has 1 N–H and O–H groups in total. The maximum Gasteiger partial charge on any atom is 0.280 e. The Morgan fingerprint density at radius 2 is 1.70 bits per heavy atom. The van der Waals surface area contributed by atoms with Gasteiger partial charge in [0.2, 0.25) is 0 Å². The van der Waals surface area contributed by atoms with Gasteiger partial charge < -0.3 is 0 Å². The van der Waals surface area contributed by atoms with E-state index in [2.05, 4.69) is 14.7 Å². The minimum atomic E-state index is -3.87. The van der Waals surface area contributed by atoms with Crippen molar-refractivity contribution in [3.8, 4) is 0 Å². The number of fused-ring (bicyclic) bond motifs is 2. The van der Waals surface area contributed by atoms with E-state index < -0.39 is 21.8 Å². The number of aromatic nitrogens is 2. The van der Waals surface area contributed by atoms with Crippen LogP contribution in [0.5, 0.6) is 0 Å². The number of amides is 2. The number of rotatable bonds is 5. The summed E-state index contributed by atoms with van der Waals surface area (Å²) in [5.41, 5.74) is 2.85. The minimum absolute atomic E-state index is 0.0238. The van der Waals surface area contributed by atoms with Gasteiger partial charge in [-0.1, -0.05) is 30.3 Å². The fourth-order valence-corrected chi connectivity index (χ4v) is 4.88. The summed E-state index contributed by atoms with van der Waals surface area (Å²) in [6.45, 7) is 1.82. The molecule has 0 unspecified atom stereocenters. The molecule has 1 aliphatic rings. The molecule has 4 aromatic rings. The number of carbonyl (C=O) groups is 2. The zero-order chi connectivity index (χ0) is 23.2. The molecule has 9 heteroatoms. The molecule has 2 aromatic heterocycles. The summed E-state index contributed by atoms with van der Waals surface area (Å²) in [6, 6.07) is 18.2. The van der Waals surface area contributed by atoms with Crippen molar-refractivity contribution >= 4 is 38.4 Å². The van der Waals surface area contributed by atoms with Gasteiger partial charge in [0.25, 0.3) is 21.8 Å². The molecule has 2 amide bonds. The number of hydrogen-bond acceptors (Lipinski definition) is 6. The molecular weight excluding hydrogens is 440 g/mol. The second-order valence-electron chi connectivity index (χ2n) is 7.67. The smallest absolute Gasteiger partial charge is 0.279 e. The van der Waals surface area contributed by atoms with Crippen LogP contribution in [0.4, 0.5) is 5.69 Å². The van der Waals surface area contributed by atoms with Gasteiger partial charge in [0.15, 0.2) is 0 Å². The van der Waals surface area contributed by atoms with Gasteiger partial charge in [-0.05, 0) is 48.9 Å². The van der Waals surface area contributed by atoms with Gasteiger partial charge >= 0.3 is 0 Å². The van der Waals surface area contributed by atoms with Crippen molar-refractivity contribution < 1.29 is 18.0 Å². The number of pyridine rings is 2. The van der Waals surface area contributed by atoms with Crippen LogP contribution in [0, 0.1) is 6.92 Å². The number of sulfonamides is 1. The molecule has 0 atom stereocenters. The number of nitrogens with one attached hydrogen (secondary N) is 1. The lowest BCUT2D eigenvalue weighted by Gasteiger charge is -2.14. The van der Waals surface area contributed by atoms with Crippen LogP contribution in [0.2, 0.25) is 0 Å². The van der Waals surface area contributed by atoms with Crippen LogP contribution in [-0.4, -0.2) is 35.1 Å². The number of nitrogens with zero attached hydrogens (tertiary/aromatic N) is 3. The molecule has 33 heavy (non-hydrogen) atoms. The van der Waals surface area contributed by atoms with E-state index in [0.717, 1.165) is 4.90 Å². The number of anilines is 1. The van der Waals surface area contributed by atoms with E-state index in [1.165, 1.54) is 18.3 Å². The lowest BCUT2D eigenvalue weighted by Crippen LogP contribution is -2.29. The monoisotopic (exact) mass is 458 g/mol. The SMILES string of the molecule is Cc1cc(NS(=O)(=O)c2ccc(CN3C(=O)c4cccnc4C3=O)cc2)c2ccccc2n1. The number of aryl methyl sites for hydroxylation is 1. The number of imide groups is 1. The highest BCUT2D eigenvalue weighted by molar-refractivity contribution is 7.92. The predicted octanol–water partition coefficient (Wildman–Crippen LogP) is 3.54. The first-order valence-electron chi connectivity index (χ1n) is 10.1. The summed E-state index contributed by atoms with van der Waals surface area (Å²) in [4.78, 5) is 34.6. The van der Waals surface area contributed by atoms with Crippen LogP contribution in [0.25, 0.3) is 10.9 Å². The van der Waals surface area contributed by atoms with Crippen LogP contribution < -0.4 is 4.72 Å². The molecule has 164 valence electrons. The standard InChI is InChI=1S/C24H18N4O4S/c1-15-13-21(18-5-2-3-7-20(18)26-15)27-33(31,32)17-10-8-16(9-11-17)14-28-23(29)19-6-4-12-25-22(19)24(28)30/h2-13H,14H2,1H3,(H,26,27). The van der Waals surface area contributed by atoms with Gasteiger partial charge in [-0.2, -0.15) is 0 Å². The Hall–Kier alpha value is -4.11. The zero-order valence-corrected chi connectivity index (χ0v) is 18.3. The van der Waals surface area contributed by atoms with E-state index >= 15 is 0 Å². The third kappa shape index (κ3) is 3.72. The highest BCUT2D eigenvalue weighted by Gasteiger charge is 2.36. The highest BCUT2D eigenvalue weighted by atomic mass is 32.2. The van der Waals surface area contributed by atoms with Crippen LogP contribution in [-0.2, 0) is 16.6 Å².